The largest absolute Gasteiger partial charge is 0.490 e. The quantitative estimate of drug-likeness (QED) is 0.217. The summed E-state index contributed by atoms with van der Waals surface area (Å²) in [6.45, 7) is 8.00. The summed E-state index contributed by atoms with van der Waals surface area (Å²) in [7, 11) is 1.95. The maximum absolute atomic E-state index is 15.6. The van der Waals surface area contributed by atoms with E-state index < -0.39 is 17.7 Å². The molecule has 0 fully saturated rings. The molecule has 1 aliphatic heterocycles. The van der Waals surface area contributed by atoms with E-state index in [0.717, 1.165) is 61.9 Å². The number of ether oxygens (including phenoxy) is 1. The van der Waals surface area contributed by atoms with Gasteiger partial charge in [-0.25, -0.2) is 9.37 Å². The smallest absolute Gasteiger partial charge is 0.310 e. The maximum atomic E-state index is 15.6. The number of carbonyl (C=O) groups is 1. The van der Waals surface area contributed by atoms with Gasteiger partial charge in [0.2, 0.25) is 0 Å². The van der Waals surface area contributed by atoms with Crippen molar-refractivity contribution in [1.82, 2.24) is 24.7 Å². The van der Waals surface area contributed by atoms with E-state index in [4.69, 9.17) is 14.7 Å². The van der Waals surface area contributed by atoms with Crippen molar-refractivity contribution in [2.45, 2.75) is 46.5 Å². The van der Waals surface area contributed by atoms with Gasteiger partial charge in [-0.05, 0) is 98.7 Å². The van der Waals surface area contributed by atoms with E-state index in [1.54, 1.807) is 13.1 Å². The second-order valence-electron chi connectivity index (χ2n) is 11.7. The zero-order chi connectivity index (χ0) is 30.9. The molecule has 222 valence electrons. The number of fused-ring (bicyclic) bond motifs is 3. The Hall–Kier alpha value is -5.05. The minimum atomic E-state index is -0.963. The lowest BCUT2D eigenvalue weighted by molar-refractivity contribution is -0.138. The molecule has 0 radical (unpaired) electrons. The molecule has 2 aromatic carbocycles. The minimum absolute atomic E-state index is 0.300. The van der Waals surface area contributed by atoms with Crippen LogP contribution in [0.15, 0.2) is 48.8 Å². The number of benzene rings is 2. The van der Waals surface area contributed by atoms with Crippen molar-refractivity contribution < 1.29 is 19.0 Å². The van der Waals surface area contributed by atoms with Gasteiger partial charge in [0.1, 0.15) is 5.65 Å². The molecule has 8 nitrogen and oxygen atoms in total. The monoisotopic (exact) mass is 589 g/mol. The number of aryl methyl sites for hydroxylation is 3. The van der Waals surface area contributed by atoms with Crippen molar-refractivity contribution in [2.24, 2.45) is 7.05 Å². The second-order valence-corrected chi connectivity index (χ2v) is 11.7. The third-order valence-corrected chi connectivity index (χ3v) is 9.14. The molecule has 0 spiro atoms. The van der Waals surface area contributed by atoms with E-state index in [1.165, 1.54) is 6.07 Å². The summed E-state index contributed by atoms with van der Waals surface area (Å²) in [4.78, 5) is 22.0. The number of carboxylic acid groups (broad SMARTS) is 1. The summed E-state index contributed by atoms with van der Waals surface area (Å²) in [5.74, 6) is -1.95. The summed E-state index contributed by atoms with van der Waals surface area (Å²) < 4.78 is 23.3. The average Bonchev–Trinajstić information content (AvgIpc) is 3.63. The highest BCUT2D eigenvalue weighted by Crippen LogP contribution is 2.45. The molecule has 1 atom stereocenters. The minimum Gasteiger partial charge on any atom is -0.490 e. The van der Waals surface area contributed by atoms with Gasteiger partial charge in [-0.15, -0.1) is 0 Å². The highest BCUT2D eigenvalue weighted by Gasteiger charge is 2.29. The Morgan fingerprint density at radius 1 is 1.09 bits per heavy atom. The fourth-order valence-electron chi connectivity index (χ4n) is 6.77. The summed E-state index contributed by atoms with van der Waals surface area (Å²) in [6.07, 6.45) is 5.12. The number of aromatic nitrogens is 5. The van der Waals surface area contributed by atoms with Crippen molar-refractivity contribution in [3.8, 4) is 39.4 Å². The van der Waals surface area contributed by atoms with Crippen molar-refractivity contribution in [3.05, 3.63) is 82.6 Å². The maximum Gasteiger partial charge on any atom is 0.310 e. The fraction of sp³-hybridized carbons (Fsp3) is 0.257. The van der Waals surface area contributed by atoms with Gasteiger partial charge in [0.05, 0.1) is 35.6 Å². The number of nitrogens with zero attached hydrogens (tertiary/aromatic N) is 4. The van der Waals surface area contributed by atoms with Crippen LogP contribution in [0.3, 0.4) is 0 Å². The molecule has 0 saturated heterocycles. The molecular formula is C35H32FN5O3. The number of H-pyrrole nitrogens is 1. The van der Waals surface area contributed by atoms with Crippen molar-refractivity contribution >= 4 is 27.9 Å². The number of pyridine rings is 2. The van der Waals surface area contributed by atoms with Crippen LogP contribution in [0.4, 0.5) is 4.39 Å². The van der Waals surface area contributed by atoms with E-state index in [0.29, 0.717) is 46.8 Å². The molecule has 0 unspecified atom stereocenters. The van der Waals surface area contributed by atoms with Gasteiger partial charge in [-0.3, -0.25) is 14.9 Å². The molecule has 7 rings (SSSR count). The van der Waals surface area contributed by atoms with Crippen LogP contribution in [-0.4, -0.2) is 42.4 Å². The SMILES string of the molecule is Cc1nc2c(cc(-c3ccnc(-c4ccc5[nH]ncc5c4C)c3)n2C)c(-c2cc(F)c3c(c2C)CCCO3)c1[C@H](C)C(=O)O. The van der Waals surface area contributed by atoms with Gasteiger partial charge >= 0.3 is 5.97 Å². The van der Waals surface area contributed by atoms with E-state index in [-0.39, 0.29) is 0 Å². The van der Waals surface area contributed by atoms with Crippen LogP contribution in [0.2, 0.25) is 0 Å². The molecule has 6 aromatic rings. The van der Waals surface area contributed by atoms with Crippen LogP contribution < -0.4 is 4.74 Å². The lowest BCUT2D eigenvalue weighted by Gasteiger charge is -2.24. The van der Waals surface area contributed by atoms with E-state index >= 15 is 4.39 Å². The summed E-state index contributed by atoms with van der Waals surface area (Å²) in [5.41, 5.74) is 10.7. The standard InChI is InChI=1S/C35H32FN5O3/c1-17-22(8-9-28-26(17)16-38-40-28)29-13-21(10-11-37-29)30-15-25-32(24-14-27(36)33-23(18(24)2)7-6-12-44-33)31(19(3)35(42)43)20(4)39-34(25)41(30)5/h8-11,13-16,19H,6-7,12H2,1-5H3,(H,38,40)(H,42,43)/t19-/m0/s1. The first-order valence-electron chi connectivity index (χ1n) is 14.7. The van der Waals surface area contributed by atoms with Crippen LogP contribution in [0.5, 0.6) is 5.75 Å². The van der Waals surface area contributed by atoms with Gasteiger partial charge < -0.3 is 14.4 Å². The average molecular weight is 590 g/mol. The zero-order valence-electron chi connectivity index (χ0n) is 25.2. The molecule has 5 heterocycles. The van der Waals surface area contributed by atoms with Crippen molar-refractivity contribution in [2.75, 3.05) is 6.61 Å². The first-order valence-corrected chi connectivity index (χ1v) is 14.7. The van der Waals surface area contributed by atoms with Gasteiger partial charge in [0.25, 0.3) is 0 Å². The van der Waals surface area contributed by atoms with Crippen LogP contribution in [0.25, 0.3) is 55.6 Å². The fourth-order valence-corrected chi connectivity index (χ4v) is 6.77. The summed E-state index contributed by atoms with van der Waals surface area (Å²) >= 11 is 0. The first kappa shape index (κ1) is 27.8. The van der Waals surface area contributed by atoms with E-state index in [9.17, 15) is 9.90 Å². The topological polar surface area (TPSA) is 106 Å². The molecular weight excluding hydrogens is 557 g/mol. The number of hydrogen-bond acceptors (Lipinski definition) is 5. The molecule has 2 N–H and O–H groups in total. The molecule has 9 heteroatoms. The Morgan fingerprint density at radius 2 is 1.91 bits per heavy atom. The van der Waals surface area contributed by atoms with E-state index in [2.05, 4.69) is 23.2 Å². The molecule has 4 aromatic heterocycles. The van der Waals surface area contributed by atoms with Crippen molar-refractivity contribution in [3.63, 3.8) is 0 Å². The Kier molecular flexibility index (Phi) is 6.49. The first-order chi connectivity index (χ1) is 21.2. The Bertz CT molecular complexity index is 2140. The molecule has 1 aliphatic rings. The summed E-state index contributed by atoms with van der Waals surface area (Å²) in [6, 6.07) is 11.6. The number of nitrogens with one attached hydrogen (secondary N) is 1. The Labute approximate surface area is 253 Å². The highest BCUT2D eigenvalue weighted by molar-refractivity contribution is 6.01. The third-order valence-electron chi connectivity index (χ3n) is 9.14. The molecule has 44 heavy (non-hydrogen) atoms. The van der Waals surface area contributed by atoms with Crippen LogP contribution in [0.1, 0.15) is 47.2 Å². The number of rotatable bonds is 5. The number of hydrogen-bond donors (Lipinski definition) is 2. The lowest BCUT2D eigenvalue weighted by Crippen LogP contribution is -2.14. The van der Waals surface area contributed by atoms with Crippen molar-refractivity contribution in [1.29, 1.82) is 0 Å². The second kappa shape index (κ2) is 10.3. The Balaban J connectivity index is 1.48. The number of aliphatic carboxylic acids is 1. The molecule has 0 saturated carbocycles. The van der Waals surface area contributed by atoms with Gasteiger partial charge in [0.15, 0.2) is 11.6 Å². The normalized spacial score (nSPS) is 13.7. The predicted octanol–water partition coefficient (Wildman–Crippen LogP) is 7.42. The zero-order valence-corrected chi connectivity index (χ0v) is 25.2. The third kappa shape index (κ3) is 4.17. The van der Waals surface area contributed by atoms with Gasteiger partial charge in [0, 0.05) is 46.4 Å². The van der Waals surface area contributed by atoms with Crippen LogP contribution in [0, 0.1) is 26.6 Å². The molecule has 0 bridgehead atoms. The number of halogens is 1. The van der Waals surface area contributed by atoms with Crippen LogP contribution >= 0.6 is 0 Å². The van der Waals surface area contributed by atoms with E-state index in [1.807, 2.05) is 55.9 Å². The molecule has 0 amide bonds. The lowest BCUT2D eigenvalue weighted by atomic mass is 9.84. The molecule has 0 aliphatic carbocycles. The number of aromatic amines is 1. The Morgan fingerprint density at radius 3 is 2.70 bits per heavy atom. The van der Waals surface area contributed by atoms with Gasteiger partial charge in [-0.1, -0.05) is 6.07 Å². The predicted molar refractivity (Wildman–Crippen MR) is 169 cm³/mol. The summed E-state index contributed by atoms with van der Waals surface area (Å²) in [5, 5.41) is 19.1. The van der Waals surface area contributed by atoms with Crippen LogP contribution in [-0.2, 0) is 18.3 Å². The highest BCUT2D eigenvalue weighted by atomic mass is 19.1. The number of carboxylic acids is 1. The van der Waals surface area contributed by atoms with Gasteiger partial charge in [-0.2, -0.15) is 5.10 Å².